The van der Waals surface area contributed by atoms with Gasteiger partial charge in [-0.2, -0.15) is 0 Å². The van der Waals surface area contributed by atoms with Crippen LogP contribution in [0.2, 0.25) is 0 Å². The summed E-state index contributed by atoms with van der Waals surface area (Å²) in [6, 6.07) is 4.51. The van der Waals surface area contributed by atoms with Crippen LogP contribution in [0.5, 0.6) is 0 Å². The predicted molar refractivity (Wildman–Crippen MR) is 85.7 cm³/mol. The Kier molecular flexibility index (Phi) is 5.56. The lowest BCUT2D eigenvalue weighted by molar-refractivity contribution is -0.123. The van der Waals surface area contributed by atoms with Crippen LogP contribution in [-0.2, 0) is 14.8 Å². The van der Waals surface area contributed by atoms with Gasteiger partial charge < -0.3 is 5.32 Å². The van der Waals surface area contributed by atoms with Crippen LogP contribution in [0.3, 0.4) is 0 Å². The van der Waals surface area contributed by atoms with Gasteiger partial charge in [0.05, 0.1) is 11.9 Å². The van der Waals surface area contributed by atoms with E-state index in [1.54, 1.807) is 27.7 Å². The first kappa shape index (κ1) is 18.4. The lowest BCUT2D eigenvalue weighted by Crippen LogP contribution is -2.53. The molecule has 1 aromatic rings. The number of halogens is 1. The molecule has 5 nitrogen and oxygen atoms in total. The summed E-state index contributed by atoms with van der Waals surface area (Å²) in [5, 5.41) is 2.74. The van der Waals surface area contributed by atoms with Crippen molar-refractivity contribution in [2.24, 2.45) is 0 Å². The summed E-state index contributed by atoms with van der Waals surface area (Å²) in [6.45, 7) is 7.08. The number of benzene rings is 1. The standard InChI is InChI=1S/C15H23FN2O3S/c1-6-12(14(19)17-15(2,3)4)18(22(5,20)21)13-10-8-7-9-11(13)16/h7-10,12H,6H2,1-5H3,(H,17,19). The van der Waals surface area contributed by atoms with Crippen LogP contribution in [-0.4, -0.2) is 32.2 Å². The van der Waals surface area contributed by atoms with Crippen LogP contribution >= 0.6 is 0 Å². The van der Waals surface area contributed by atoms with E-state index in [1.807, 2.05) is 0 Å². The van der Waals surface area contributed by atoms with E-state index in [0.717, 1.165) is 10.6 Å². The zero-order valence-corrected chi connectivity index (χ0v) is 14.4. The second-order valence-electron chi connectivity index (χ2n) is 6.17. The van der Waals surface area contributed by atoms with Gasteiger partial charge in [0.25, 0.3) is 0 Å². The van der Waals surface area contributed by atoms with Crippen molar-refractivity contribution < 1.29 is 17.6 Å². The van der Waals surface area contributed by atoms with Gasteiger partial charge in [-0.05, 0) is 39.3 Å². The van der Waals surface area contributed by atoms with Crippen molar-refractivity contribution >= 4 is 21.6 Å². The zero-order chi connectivity index (χ0) is 17.1. The maximum Gasteiger partial charge on any atom is 0.244 e. The van der Waals surface area contributed by atoms with Crippen molar-refractivity contribution in [2.75, 3.05) is 10.6 Å². The van der Waals surface area contributed by atoms with Crippen LogP contribution in [0.25, 0.3) is 0 Å². The molecule has 0 aliphatic rings. The molecule has 7 heteroatoms. The highest BCUT2D eigenvalue weighted by molar-refractivity contribution is 7.92. The largest absolute Gasteiger partial charge is 0.350 e. The Morgan fingerprint density at radius 1 is 1.32 bits per heavy atom. The van der Waals surface area contributed by atoms with Crippen molar-refractivity contribution in [3.63, 3.8) is 0 Å². The third-order valence-electron chi connectivity index (χ3n) is 2.92. The minimum Gasteiger partial charge on any atom is -0.350 e. The van der Waals surface area contributed by atoms with Crippen molar-refractivity contribution in [3.05, 3.63) is 30.1 Å². The Labute approximate surface area is 131 Å². The summed E-state index contributed by atoms with van der Waals surface area (Å²) in [7, 11) is -3.82. The number of hydrogen-bond acceptors (Lipinski definition) is 3. The minimum atomic E-state index is -3.82. The van der Waals surface area contributed by atoms with Gasteiger partial charge in [0.2, 0.25) is 15.9 Å². The van der Waals surface area contributed by atoms with E-state index >= 15 is 0 Å². The number of sulfonamides is 1. The predicted octanol–water partition coefficient (Wildman–Crippen LogP) is 2.29. The summed E-state index contributed by atoms with van der Waals surface area (Å²) in [5.41, 5.74) is -0.635. The number of rotatable bonds is 5. The highest BCUT2D eigenvalue weighted by Gasteiger charge is 2.34. The molecule has 1 atom stereocenters. The first-order valence-corrected chi connectivity index (χ1v) is 8.88. The normalized spacial score (nSPS) is 13.5. The zero-order valence-electron chi connectivity index (χ0n) is 13.6. The number of nitrogens with zero attached hydrogens (tertiary/aromatic N) is 1. The van der Waals surface area contributed by atoms with E-state index in [9.17, 15) is 17.6 Å². The SMILES string of the molecule is CCC(C(=O)NC(C)(C)C)N(c1ccccc1F)S(C)(=O)=O. The van der Waals surface area contributed by atoms with Crippen LogP contribution < -0.4 is 9.62 Å². The molecule has 0 spiro atoms. The van der Waals surface area contributed by atoms with Gasteiger partial charge in [-0.25, -0.2) is 12.8 Å². The Bertz CT molecular complexity index is 638. The van der Waals surface area contributed by atoms with Crippen LogP contribution in [0.15, 0.2) is 24.3 Å². The maximum atomic E-state index is 14.0. The fourth-order valence-electron chi connectivity index (χ4n) is 2.12. The fraction of sp³-hybridized carbons (Fsp3) is 0.533. The molecule has 0 saturated carbocycles. The molecule has 0 fully saturated rings. The molecule has 0 aliphatic carbocycles. The van der Waals surface area contributed by atoms with E-state index in [4.69, 9.17) is 0 Å². The number of nitrogens with one attached hydrogen (secondary N) is 1. The molecule has 0 radical (unpaired) electrons. The fourth-order valence-corrected chi connectivity index (χ4v) is 3.33. The molecular formula is C15H23FN2O3S. The Morgan fingerprint density at radius 2 is 1.86 bits per heavy atom. The molecule has 124 valence electrons. The molecular weight excluding hydrogens is 307 g/mol. The van der Waals surface area contributed by atoms with Crippen molar-refractivity contribution in [1.82, 2.24) is 5.32 Å². The third kappa shape index (κ3) is 4.69. The number of amides is 1. The van der Waals surface area contributed by atoms with Crippen molar-refractivity contribution in [1.29, 1.82) is 0 Å². The molecule has 0 aliphatic heterocycles. The number of carbonyl (C=O) groups excluding carboxylic acids is 1. The van der Waals surface area contributed by atoms with Gasteiger partial charge in [0, 0.05) is 5.54 Å². The number of hydrogen-bond donors (Lipinski definition) is 1. The smallest absolute Gasteiger partial charge is 0.244 e. The summed E-state index contributed by atoms with van der Waals surface area (Å²) >= 11 is 0. The average Bonchev–Trinajstić information content (AvgIpc) is 2.33. The molecule has 0 heterocycles. The highest BCUT2D eigenvalue weighted by Crippen LogP contribution is 2.25. The van der Waals surface area contributed by atoms with Gasteiger partial charge in [-0.15, -0.1) is 0 Å². The van der Waals surface area contributed by atoms with E-state index in [-0.39, 0.29) is 12.1 Å². The quantitative estimate of drug-likeness (QED) is 0.901. The average molecular weight is 330 g/mol. The molecule has 1 rings (SSSR count). The monoisotopic (exact) mass is 330 g/mol. The van der Waals surface area contributed by atoms with E-state index in [1.165, 1.54) is 24.3 Å². The lowest BCUT2D eigenvalue weighted by Gasteiger charge is -2.32. The van der Waals surface area contributed by atoms with E-state index in [2.05, 4.69) is 5.32 Å². The summed E-state index contributed by atoms with van der Waals surface area (Å²) in [6.07, 6.45) is 1.19. The third-order valence-corrected chi connectivity index (χ3v) is 4.08. The Hall–Kier alpha value is -1.63. The number of carbonyl (C=O) groups is 1. The Morgan fingerprint density at radius 3 is 2.27 bits per heavy atom. The molecule has 0 aromatic heterocycles. The van der Waals surface area contributed by atoms with Gasteiger partial charge in [0.15, 0.2) is 0 Å². The van der Waals surface area contributed by atoms with Crippen molar-refractivity contribution in [3.8, 4) is 0 Å². The second kappa shape index (κ2) is 6.64. The molecule has 1 N–H and O–H groups in total. The van der Waals surface area contributed by atoms with Gasteiger partial charge in [-0.3, -0.25) is 9.10 Å². The lowest BCUT2D eigenvalue weighted by atomic mass is 10.1. The summed E-state index contributed by atoms with van der Waals surface area (Å²) in [5.74, 6) is -1.14. The second-order valence-corrected chi connectivity index (χ2v) is 8.03. The minimum absolute atomic E-state index is 0.124. The van der Waals surface area contributed by atoms with Gasteiger partial charge in [-0.1, -0.05) is 19.1 Å². The Balaban J connectivity index is 3.33. The van der Waals surface area contributed by atoms with E-state index in [0.29, 0.717) is 0 Å². The van der Waals surface area contributed by atoms with E-state index < -0.39 is 33.3 Å². The summed E-state index contributed by atoms with van der Waals surface area (Å²) in [4.78, 5) is 12.4. The van der Waals surface area contributed by atoms with Gasteiger partial charge in [0.1, 0.15) is 11.9 Å². The molecule has 22 heavy (non-hydrogen) atoms. The molecule has 1 unspecified atom stereocenters. The number of anilines is 1. The summed E-state index contributed by atoms with van der Waals surface area (Å²) < 4.78 is 39.1. The van der Waals surface area contributed by atoms with Crippen LogP contribution in [0.4, 0.5) is 10.1 Å². The van der Waals surface area contributed by atoms with Gasteiger partial charge >= 0.3 is 0 Å². The van der Waals surface area contributed by atoms with Crippen molar-refractivity contribution in [2.45, 2.75) is 45.7 Å². The van der Waals surface area contributed by atoms with Crippen LogP contribution in [0.1, 0.15) is 34.1 Å². The highest BCUT2D eigenvalue weighted by atomic mass is 32.2. The van der Waals surface area contributed by atoms with Crippen LogP contribution in [0, 0.1) is 5.82 Å². The molecule has 0 saturated heterocycles. The number of para-hydroxylation sites is 1. The topological polar surface area (TPSA) is 66.5 Å². The first-order chi connectivity index (χ1) is 9.97. The molecule has 0 bridgehead atoms. The molecule has 1 aromatic carbocycles. The maximum absolute atomic E-state index is 14.0. The molecule has 1 amide bonds. The first-order valence-electron chi connectivity index (χ1n) is 7.03.